The summed E-state index contributed by atoms with van der Waals surface area (Å²) in [6, 6.07) is 4.28. The quantitative estimate of drug-likeness (QED) is 0.751. The Bertz CT molecular complexity index is 591. The van der Waals surface area contributed by atoms with Crippen molar-refractivity contribution in [2.45, 2.75) is 38.6 Å². The highest BCUT2D eigenvalue weighted by atomic mass is 35.5. The molecule has 2 rings (SSSR count). The van der Waals surface area contributed by atoms with Gasteiger partial charge >= 0.3 is 0 Å². The Balaban J connectivity index is 2.71. The Morgan fingerprint density at radius 1 is 1.15 bits per heavy atom. The summed E-state index contributed by atoms with van der Waals surface area (Å²) in [5.41, 5.74) is 1.94. The highest BCUT2D eigenvalue weighted by Gasteiger charge is 2.18. The first-order valence-electron chi connectivity index (χ1n) is 6.88. The highest BCUT2D eigenvalue weighted by molar-refractivity contribution is 6.16. The molecule has 0 aliphatic heterocycles. The maximum atomic E-state index is 6.06. The lowest BCUT2D eigenvalue weighted by molar-refractivity contribution is 0.355. The first kappa shape index (κ1) is 15.0. The summed E-state index contributed by atoms with van der Waals surface area (Å²) >= 11 is 6.06. The normalized spacial score (nSPS) is 11.3. The smallest absolute Gasteiger partial charge is 0.163 e. The van der Waals surface area contributed by atoms with Crippen LogP contribution in [0.5, 0.6) is 11.5 Å². The fourth-order valence-corrected chi connectivity index (χ4v) is 2.82. The van der Waals surface area contributed by atoms with Crippen LogP contribution in [0, 0.1) is 0 Å². The van der Waals surface area contributed by atoms with Crippen molar-refractivity contribution in [1.29, 1.82) is 0 Å². The van der Waals surface area contributed by atoms with Crippen molar-refractivity contribution >= 4 is 22.6 Å². The van der Waals surface area contributed by atoms with E-state index >= 15 is 0 Å². The molecule has 0 amide bonds. The molecular weight excluding hydrogens is 276 g/mol. The van der Waals surface area contributed by atoms with Crippen molar-refractivity contribution in [3.05, 3.63) is 18.0 Å². The van der Waals surface area contributed by atoms with Crippen LogP contribution < -0.4 is 9.47 Å². The Hall–Kier alpha value is -1.42. The van der Waals surface area contributed by atoms with Crippen molar-refractivity contribution in [1.82, 2.24) is 9.55 Å². The van der Waals surface area contributed by atoms with Gasteiger partial charge in [-0.1, -0.05) is 13.8 Å². The number of benzene rings is 1. The first-order chi connectivity index (χ1) is 9.69. The van der Waals surface area contributed by atoms with Crippen LogP contribution in [0.2, 0.25) is 0 Å². The van der Waals surface area contributed by atoms with Crippen LogP contribution in [-0.2, 0) is 5.88 Å². The van der Waals surface area contributed by atoms with Crippen molar-refractivity contribution in [2.75, 3.05) is 14.2 Å². The second-order valence-electron chi connectivity index (χ2n) is 4.70. The van der Waals surface area contributed by atoms with E-state index in [4.69, 9.17) is 21.1 Å². The fraction of sp³-hybridized carbons (Fsp3) is 0.533. The third kappa shape index (κ3) is 2.44. The van der Waals surface area contributed by atoms with Crippen LogP contribution in [0.15, 0.2) is 12.1 Å². The molecule has 0 saturated heterocycles. The number of fused-ring (bicyclic) bond motifs is 1. The summed E-state index contributed by atoms with van der Waals surface area (Å²) in [4.78, 5) is 4.63. The molecule has 0 atom stereocenters. The number of aromatic nitrogens is 2. The molecule has 110 valence electrons. The van der Waals surface area contributed by atoms with Crippen LogP contribution in [0.4, 0.5) is 0 Å². The number of hydrogen-bond donors (Lipinski definition) is 0. The zero-order valence-corrected chi connectivity index (χ0v) is 13.2. The first-order valence-corrected chi connectivity index (χ1v) is 7.42. The molecule has 0 fully saturated rings. The van der Waals surface area contributed by atoms with E-state index in [-0.39, 0.29) is 0 Å². The van der Waals surface area contributed by atoms with Crippen molar-refractivity contribution in [2.24, 2.45) is 0 Å². The second kappa shape index (κ2) is 6.35. The van der Waals surface area contributed by atoms with Gasteiger partial charge in [0.15, 0.2) is 11.5 Å². The van der Waals surface area contributed by atoms with Gasteiger partial charge in [0.1, 0.15) is 5.82 Å². The van der Waals surface area contributed by atoms with Gasteiger partial charge in [-0.2, -0.15) is 0 Å². The molecule has 4 nitrogen and oxygen atoms in total. The van der Waals surface area contributed by atoms with Crippen LogP contribution in [0.3, 0.4) is 0 Å². The molecule has 2 aromatic rings. The van der Waals surface area contributed by atoms with Gasteiger partial charge < -0.3 is 14.0 Å². The Morgan fingerprint density at radius 3 is 2.25 bits per heavy atom. The second-order valence-corrected chi connectivity index (χ2v) is 4.97. The summed E-state index contributed by atoms with van der Waals surface area (Å²) in [6.07, 6.45) is 2.08. The van der Waals surface area contributed by atoms with Crippen LogP contribution in [0.25, 0.3) is 11.0 Å². The third-order valence-corrected chi connectivity index (χ3v) is 3.93. The molecule has 20 heavy (non-hydrogen) atoms. The van der Waals surface area contributed by atoms with Crippen LogP contribution in [0.1, 0.15) is 38.6 Å². The molecule has 0 unspecified atom stereocenters. The lowest BCUT2D eigenvalue weighted by Gasteiger charge is -2.18. The van der Waals surface area contributed by atoms with Crippen molar-refractivity contribution in [3.8, 4) is 11.5 Å². The Morgan fingerprint density at radius 2 is 1.75 bits per heavy atom. The molecule has 0 bridgehead atoms. The zero-order valence-electron chi connectivity index (χ0n) is 12.4. The summed E-state index contributed by atoms with van der Waals surface area (Å²) in [5.74, 6) is 2.70. The summed E-state index contributed by atoms with van der Waals surface area (Å²) in [5, 5.41) is 0. The van der Waals surface area contributed by atoms with Gasteiger partial charge in [-0.05, 0) is 12.8 Å². The summed E-state index contributed by atoms with van der Waals surface area (Å²) in [6.45, 7) is 4.36. The lowest BCUT2D eigenvalue weighted by Crippen LogP contribution is -2.10. The molecule has 1 aromatic carbocycles. The van der Waals surface area contributed by atoms with Crippen molar-refractivity contribution in [3.63, 3.8) is 0 Å². The minimum absolute atomic E-state index is 0.395. The number of ether oxygens (including phenoxy) is 2. The standard InChI is InChI=1S/C15H21ClN2O2/c1-5-10(6-2)18-12-8-14(20-4)13(19-3)7-11(12)17-15(18)9-16/h7-8,10H,5-6,9H2,1-4H3. The monoisotopic (exact) mass is 296 g/mol. The van der Waals surface area contributed by atoms with Gasteiger partial charge in [-0.15, -0.1) is 11.6 Å². The van der Waals surface area contributed by atoms with Gasteiger partial charge in [0.05, 0.1) is 31.1 Å². The van der Waals surface area contributed by atoms with Gasteiger partial charge in [0, 0.05) is 18.2 Å². The van der Waals surface area contributed by atoms with Crippen molar-refractivity contribution < 1.29 is 9.47 Å². The van der Waals surface area contributed by atoms with Gasteiger partial charge in [-0.3, -0.25) is 0 Å². The van der Waals surface area contributed by atoms with E-state index < -0.39 is 0 Å². The Labute approximate surface area is 124 Å². The number of halogens is 1. The van der Waals surface area contributed by atoms with Crippen LogP contribution >= 0.6 is 11.6 Å². The number of hydrogen-bond acceptors (Lipinski definition) is 3. The third-order valence-electron chi connectivity index (χ3n) is 3.70. The van der Waals surface area contributed by atoms with E-state index in [1.807, 2.05) is 12.1 Å². The van der Waals surface area contributed by atoms with E-state index in [1.165, 1.54) is 0 Å². The number of rotatable bonds is 6. The number of imidazole rings is 1. The van der Waals surface area contributed by atoms with E-state index in [9.17, 15) is 0 Å². The predicted octanol–water partition coefficient (Wildman–Crippen LogP) is 4.15. The molecule has 0 aliphatic rings. The maximum absolute atomic E-state index is 6.06. The van der Waals surface area contributed by atoms with Crippen LogP contribution in [-0.4, -0.2) is 23.8 Å². The van der Waals surface area contributed by atoms with E-state index in [1.54, 1.807) is 14.2 Å². The molecule has 5 heteroatoms. The molecule has 0 saturated carbocycles. The minimum atomic E-state index is 0.395. The predicted molar refractivity (Wildman–Crippen MR) is 82.0 cm³/mol. The maximum Gasteiger partial charge on any atom is 0.163 e. The fourth-order valence-electron chi connectivity index (χ4n) is 2.63. The average Bonchev–Trinajstić information content (AvgIpc) is 2.85. The average molecular weight is 297 g/mol. The van der Waals surface area contributed by atoms with E-state index in [0.29, 0.717) is 23.4 Å². The largest absolute Gasteiger partial charge is 0.493 e. The summed E-state index contributed by atoms with van der Waals surface area (Å²) < 4.78 is 12.9. The molecule has 1 heterocycles. The minimum Gasteiger partial charge on any atom is -0.493 e. The topological polar surface area (TPSA) is 36.3 Å². The van der Waals surface area contributed by atoms with Gasteiger partial charge in [0.2, 0.25) is 0 Å². The number of alkyl halides is 1. The van der Waals surface area contributed by atoms with Gasteiger partial charge in [-0.25, -0.2) is 4.98 Å². The number of nitrogens with zero attached hydrogens (tertiary/aromatic N) is 2. The Kier molecular flexibility index (Phi) is 4.76. The van der Waals surface area contributed by atoms with E-state index in [2.05, 4.69) is 23.4 Å². The molecule has 0 aliphatic carbocycles. The zero-order chi connectivity index (χ0) is 14.7. The lowest BCUT2D eigenvalue weighted by atomic mass is 10.1. The molecule has 0 N–H and O–H groups in total. The molecule has 0 radical (unpaired) electrons. The molecular formula is C15H21ClN2O2. The van der Waals surface area contributed by atoms with Gasteiger partial charge in [0.25, 0.3) is 0 Å². The molecule has 0 spiro atoms. The molecule has 1 aromatic heterocycles. The number of methoxy groups -OCH3 is 2. The SMILES string of the molecule is CCC(CC)n1c(CCl)nc2cc(OC)c(OC)cc21. The van der Waals surface area contributed by atoms with E-state index in [0.717, 1.165) is 29.7 Å². The highest BCUT2D eigenvalue weighted by Crippen LogP contribution is 2.35. The summed E-state index contributed by atoms with van der Waals surface area (Å²) in [7, 11) is 3.27.